The third-order valence-corrected chi connectivity index (χ3v) is 7.53. The van der Waals surface area contributed by atoms with Gasteiger partial charge in [0.25, 0.3) is 0 Å². The number of aromatic nitrogens is 3. The predicted octanol–water partition coefficient (Wildman–Crippen LogP) is 3.23. The van der Waals surface area contributed by atoms with Crippen LogP contribution in [0.1, 0.15) is 82.8 Å². The van der Waals surface area contributed by atoms with Crippen molar-refractivity contribution >= 4 is 5.96 Å². The summed E-state index contributed by atoms with van der Waals surface area (Å²) >= 11 is 0. The first kappa shape index (κ1) is 21.6. The average molecular weight is 417 g/mol. The van der Waals surface area contributed by atoms with Crippen molar-refractivity contribution in [1.29, 1.82) is 0 Å². The molecular formula is C23H40N6O. The van der Waals surface area contributed by atoms with Crippen molar-refractivity contribution in [3.63, 3.8) is 0 Å². The lowest BCUT2D eigenvalue weighted by molar-refractivity contribution is -0.145. The Labute approximate surface area is 181 Å². The topological polar surface area (TPSA) is 76.4 Å². The van der Waals surface area contributed by atoms with Crippen molar-refractivity contribution < 1.29 is 4.74 Å². The Hall–Kier alpha value is -1.63. The molecule has 2 fully saturated rings. The number of rotatable bonds is 7. The van der Waals surface area contributed by atoms with Crippen LogP contribution in [0.25, 0.3) is 0 Å². The van der Waals surface area contributed by atoms with E-state index in [0.29, 0.717) is 17.6 Å². The van der Waals surface area contributed by atoms with Gasteiger partial charge >= 0.3 is 0 Å². The van der Waals surface area contributed by atoms with Crippen LogP contribution in [-0.2, 0) is 24.1 Å². The van der Waals surface area contributed by atoms with Crippen LogP contribution in [0, 0.1) is 5.41 Å². The van der Waals surface area contributed by atoms with Crippen LogP contribution in [0.15, 0.2) is 4.99 Å². The van der Waals surface area contributed by atoms with E-state index in [9.17, 15) is 0 Å². The van der Waals surface area contributed by atoms with E-state index in [4.69, 9.17) is 4.74 Å². The molecule has 2 heterocycles. The number of hydrogen-bond acceptors (Lipinski definition) is 4. The molecule has 0 aromatic carbocycles. The molecule has 0 amide bonds. The molecule has 2 atom stereocenters. The fraction of sp³-hybridized carbons (Fsp3) is 0.870. The first-order valence-corrected chi connectivity index (χ1v) is 12.3. The fourth-order valence-electron chi connectivity index (χ4n) is 5.81. The Balaban J connectivity index is 1.25. The predicted molar refractivity (Wildman–Crippen MR) is 120 cm³/mol. The first-order chi connectivity index (χ1) is 14.8. The number of fused-ring (bicyclic) bond motifs is 1. The molecule has 1 aromatic rings. The van der Waals surface area contributed by atoms with E-state index in [-0.39, 0.29) is 0 Å². The molecule has 2 N–H and O–H groups in total. The van der Waals surface area contributed by atoms with Gasteiger partial charge in [0.2, 0.25) is 0 Å². The van der Waals surface area contributed by atoms with Gasteiger partial charge in [0.1, 0.15) is 11.6 Å². The number of ether oxygens (including phenoxy) is 1. The Morgan fingerprint density at radius 2 is 2.00 bits per heavy atom. The van der Waals surface area contributed by atoms with E-state index >= 15 is 0 Å². The largest absolute Gasteiger partial charge is 0.378 e. The molecule has 0 bridgehead atoms. The van der Waals surface area contributed by atoms with Crippen molar-refractivity contribution in [2.24, 2.45) is 10.4 Å². The van der Waals surface area contributed by atoms with Gasteiger partial charge in [-0.05, 0) is 45.4 Å². The fourth-order valence-corrected chi connectivity index (χ4v) is 5.81. The molecule has 30 heavy (non-hydrogen) atoms. The highest BCUT2D eigenvalue weighted by atomic mass is 16.5. The van der Waals surface area contributed by atoms with E-state index in [1.165, 1.54) is 57.2 Å². The Morgan fingerprint density at radius 3 is 2.80 bits per heavy atom. The average Bonchev–Trinajstić information content (AvgIpc) is 3.00. The molecule has 2 unspecified atom stereocenters. The zero-order chi connectivity index (χ0) is 20.8. The summed E-state index contributed by atoms with van der Waals surface area (Å²) in [5, 5.41) is 16.1. The Bertz CT molecular complexity index is 709. The molecule has 1 spiro atoms. The summed E-state index contributed by atoms with van der Waals surface area (Å²) in [5.41, 5.74) is 0.310. The summed E-state index contributed by atoms with van der Waals surface area (Å²) in [5.74, 6) is 3.26. The molecular weight excluding hydrogens is 376 g/mol. The molecule has 4 rings (SSSR count). The summed E-state index contributed by atoms with van der Waals surface area (Å²) < 4.78 is 8.45. The van der Waals surface area contributed by atoms with Crippen LogP contribution in [0.3, 0.4) is 0 Å². The van der Waals surface area contributed by atoms with Gasteiger partial charge in [0.05, 0.1) is 6.10 Å². The lowest BCUT2D eigenvalue weighted by Crippen LogP contribution is -2.66. The SMILES string of the molecule is CCOC1CC(NC(=NC)NCCCc2nnc3n2CCCCC3)C12CCCCC2. The highest BCUT2D eigenvalue weighted by Gasteiger charge is 2.55. The monoisotopic (exact) mass is 416 g/mol. The molecule has 168 valence electrons. The van der Waals surface area contributed by atoms with Crippen LogP contribution < -0.4 is 10.6 Å². The maximum absolute atomic E-state index is 6.10. The zero-order valence-electron chi connectivity index (χ0n) is 19.0. The number of nitrogens with zero attached hydrogens (tertiary/aromatic N) is 4. The summed E-state index contributed by atoms with van der Waals surface area (Å²) in [7, 11) is 1.87. The molecule has 0 saturated heterocycles. The van der Waals surface area contributed by atoms with E-state index in [2.05, 4.69) is 37.3 Å². The smallest absolute Gasteiger partial charge is 0.191 e. The third-order valence-electron chi connectivity index (χ3n) is 7.53. The number of aliphatic imine (C=N–C) groups is 1. The summed E-state index contributed by atoms with van der Waals surface area (Å²) in [4.78, 5) is 4.50. The zero-order valence-corrected chi connectivity index (χ0v) is 19.0. The van der Waals surface area contributed by atoms with Gasteiger partial charge in [0.15, 0.2) is 5.96 Å². The maximum Gasteiger partial charge on any atom is 0.191 e. The molecule has 2 saturated carbocycles. The maximum atomic E-state index is 6.10. The second-order valence-electron chi connectivity index (χ2n) is 9.27. The highest BCUT2D eigenvalue weighted by Crippen LogP contribution is 2.53. The van der Waals surface area contributed by atoms with Crippen LogP contribution in [-0.4, -0.2) is 53.1 Å². The lowest BCUT2D eigenvalue weighted by Gasteiger charge is -2.57. The summed E-state index contributed by atoms with van der Waals surface area (Å²) in [6.45, 7) is 4.92. The van der Waals surface area contributed by atoms with Gasteiger partial charge in [-0.25, -0.2) is 0 Å². The quantitative estimate of drug-likeness (QED) is 0.405. The first-order valence-electron chi connectivity index (χ1n) is 12.3. The van der Waals surface area contributed by atoms with Crippen LogP contribution in [0.4, 0.5) is 0 Å². The second kappa shape index (κ2) is 10.1. The minimum atomic E-state index is 0.310. The van der Waals surface area contributed by atoms with Gasteiger partial charge in [-0.15, -0.1) is 10.2 Å². The van der Waals surface area contributed by atoms with Crippen LogP contribution >= 0.6 is 0 Å². The molecule has 7 nitrogen and oxygen atoms in total. The summed E-state index contributed by atoms with van der Waals surface area (Å²) in [6.07, 6.45) is 15.0. The van der Waals surface area contributed by atoms with E-state index in [1.54, 1.807) is 0 Å². The van der Waals surface area contributed by atoms with Crippen molar-refractivity contribution in [1.82, 2.24) is 25.4 Å². The number of nitrogens with one attached hydrogen (secondary N) is 2. The van der Waals surface area contributed by atoms with Gasteiger partial charge in [-0.2, -0.15) is 0 Å². The minimum absolute atomic E-state index is 0.310. The van der Waals surface area contributed by atoms with E-state index < -0.39 is 0 Å². The molecule has 3 aliphatic rings. The van der Waals surface area contributed by atoms with Crippen molar-refractivity contribution in [3.05, 3.63) is 11.6 Å². The van der Waals surface area contributed by atoms with Crippen molar-refractivity contribution in [2.45, 2.75) is 103 Å². The number of guanidine groups is 1. The molecule has 2 aliphatic carbocycles. The van der Waals surface area contributed by atoms with Gasteiger partial charge in [-0.1, -0.05) is 25.7 Å². The van der Waals surface area contributed by atoms with E-state index in [1.807, 2.05) is 7.05 Å². The van der Waals surface area contributed by atoms with Gasteiger partial charge in [-0.3, -0.25) is 4.99 Å². The second-order valence-corrected chi connectivity index (χ2v) is 9.27. The molecule has 1 aromatic heterocycles. The van der Waals surface area contributed by atoms with Crippen LogP contribution in [0.2, 0.25) is 0 Å². The molecule has 0 radical (unpaired) electrons. The Morgan fingerprint density at radius 1 is 1.17 bits per heavy atom. The molecule has 7 heteroatoms. The van der Waals surface area contributed by atoms with Crippen molar-refractivity contribution in [3.8, 4) is 0 Å². The minimum Gasteiger partial charge on any atom is -0.378 e. The number of aryl methyl sites for hydroxylation is 2. The molecule has 1 aliphatic heterocycles. The van der Waals surface area contributed by atoms with E-state index in [0.717, 1.165) is 57.2 Å². The number of hydrogen-bond donors (Lipinski definition) is 2. The summed E-state index contributed by atoms with van der Waals surface area (Å²) in [6, 6.07) is 0.479. The standard InChI is InChI=1S/C23H40N6O/c1-3-30-19-17-18(23(19)13-7-5-8-14-23)26-22(24-2)25-15-10-12-21-28-27-20-11-6-4-9-16-29(20)21/h18-19H,3-17H2,1-2H3,(H2,24,25,26). The normalized spacial score (nSPS) is 26.0. The van der Waals surface area contributed by atoms with Crippen molar-refractivity contribution in [2.75, 3.05) is 20.2 Å². The Kier molecular flexibility index (Phi) is 7.28. The highest BCUT2D eigenvalue weighted by molar-refractivity contribution is 5.80. The van der Waals surface area contributed by atoms with Gasteiger partial charge < -0.3 is 19.9 Å². The third kappa shape index (κ3) is 4.51. The lowest BCUT2D eigenvalue weighted by atomic mass is 9.55. The van der Waals surface area contributed by atoms with Gasteiger partial charge in [0, 0.05) is 51.0 Å². The van der Waals surface area contributed by atoms with Crippen LogP contribution in [0.5, 0.6) is 0 Å².